The van der Waals surface area contributed by atoms with Crippen LogP contribution in [0.4, 0.5) is 11.4 Å². The van der Waals surface area contributed by atoms with Gasteiger partial charge in [-0.05, 0) is 39.0 Å². The molecular formula is C17H18N2O4. The Bertz CT molecular complexity index is 741. The highest BCUT2D eigenvalue weighted by molar-refractivity contribution is 6.06. The van der Waals surface area contributed by atoms with Crippen LogP contribution in [0.25, 0.3) is 0 Å². The summed E-state index contributed by atoms with van der Waals surface area (Å²) in [6.07, 6.45) is -0.0346. The number of hydrogen-bond acceptors (Lipinski definition) is 4. The fourth-order valence-corrected chi connectivity index (χ4v) is 2.18. The van der Waals surface area contributed by atoms with Crippen LogP contribution in [0.5, 0.6) is 5.75 Å². The van der Waals surface area contributed by atoms with E-state index >= 15 is 0 Å². The van der Waals surface area contributed by atoms with Crippen LogP contribution in [0.2, 0.25) is 0 Å². The standard InChI is InChI=1S/C17H18N2O4/c1-11(2)23-16-10-5-4-8-14(16)18-17(20)13-7-6-9-15(12(13)3)19(21)22/h4-11H,1-3H3,(H,18,20). The fraction of sp³-hybridized carbons (Fsp3) is 0.235. The van der Waals surface area contributed by atoms with E-state index in [-0.39, 0.29) is 17.4 Å². The number of carbonyl (C=O) groups excluding carboxylic acids is 1. The Balaban J connectivity index is 2.30. The van der Waals surface area contributed by atoms with E-state index in [9.17, 15) is 14.9 Å². The minimum absolute atomic E-state index is 0.0346. The molecule has 0 radical (unpaired) electrons. The van der Waals surface area contributed by atoms with Gasteiger partial charge in [0.25, 0.3) is 11.6 Å². The molecule has 0 bridgehead atoms. The molecule has 0 heterocycles. The highest BCUT2D eigenvalue weighted by atomic mass is 16.6. The van der Waals surface area contributed by atoms with Crippen LogP contribution in [0.3, 0.4) is 0 Å². The van der Waals surface area contributed by atoms with Crippen molar-refractivity contribution in [2.24, 2.45) is 0 Å². The zero-order valence-electron chi connectivity index (χ0n) is 13.2. The summed E-state index contributed by atoms with van der Waals surface area (Å²) < 4.78 is 5.65. The van der Waals surface area contributed by atoms with Crippen molar-refractivity contribution in [3.05, 3.63) is 63.7 Å². The molecule has 2 rings (SSSR count). The van der Waals surface area contributed by atoms with E-state index in [4.69, 9.17) is 4.74 Å². The molecule has 0 aliphatic heterocycles. The lowest BCUT2D eigenvalue weighted by molar-refractivity contribution is -0.385. The van der Waals surface area contributed by atoms with Crippen molar-refractivity contribution in [2.75, 3.05) is 5.32 Å². The number of nitrogens with one attached hydrogen (secondary N) is 1. The highest BCUT2D eigenvalue weighted by Gasteiger charge is 2.19. The number of nitrogens with zero attached hydrogens (tertiary/aromatic N) is 1. The topological polar surface area (TPSA) is 81.5 Å². The van der Waals surface area contributed by atoms with Crippen LogP contribution in [0, 0.1) is 17.0 Å². The van der Waals surface area contributed by atoms with Crippen molar-refractivity contribution >= 4 is 17.3 Å². The second kappa shape index (κ2) is 6.91. The largest absolute Gasteiger partial charge is 0.489 e. The van der Waals surface area contributed by atoms with Gasteiger partial charge in [-0.3, -0.25) is 14.9 Å². The van der Waals surface area contributed by atoms with Crippen LogP contribution in [0.15, 0.2) is 42.5 Å². The molecule has 0 aromatic heterocycles. The number of para-hydroxylation sites is 2. The number of benzene rings is 2. The lowest BCUT2D eigenvalue weighted by Gasteiger charge is -2.15. The predicted octanol–water partition coefficient (Wildman–Crippen LogP) is 3.94. The number of hydrogen-bond donors (Lipinski definition) is 1. The Morgan fingerprint density at radius 2 is 1.87 bits per heavy atom. The minimum Gasteiger partial charge on any atom is -0.489 e. The third kappa shape index (κ3) is 3.85. The predicted molar refractivity (Wildman–Crippen MR) is 88.0 cm³/mol. The van der Waals surface area contributed by atoms with Crippen LogP contribution in [0.1, 0.15) is 29.8 Å². The number of anilines is 1. The summed E-state index contributed by atoms with van der Waals surface area (Å²) in [5, 5.41) is 13.7. The van der Waals surface area contributed by atoms with Gasteiger partial charge in [0.1, 0.15) is 5.75 Å². The third-order valence-corrected chi connectivity index (χ3v) is 3.24. The number of rotatable bonds is 5. The Labute approximate surface area is 134 Å². The number of amides is 1. The lowest BCUT2D eigenvalue weighted by atomic mass is 10.1. The molecule has 120 valence electrons. The van der Waals surface area contributed by atoms with Gasteiger partial charge < -0.3 is 10.1 Å². The monoisotopic (exact) mass is 314 g/mol. The maximum Gasteiger partial charge on any atom is 0.273 e. The average Bonchev–Trinajstić information content (AvgIpc) is 2.48. The van der Waals surface area contributed by atoms with Gasteiger partial charge in [0, 0.05) is 17.2 Å². The Kier molecular flexibility index (Phi) is 4.95. The first kappa shape index (κ1) is 16.5. The SMILES string of the molecule is Cc1c(C(=O)Nc2ccccc2OC(C)C)cccc1[N+](=O)[O-]. The zero-order valence-corrected chi connectivity index (χ0v) is 13.2. The van der Waals surface area contributed by atoms with E-state index in [1.54, 1.807) is 31.2 Å². The molecule has 2 aromatic carbocycles. The molecule has 6 nitrogen and oxygen atoms in total. The summed E-state index contributed by atoms with van der Waals surface area (Å²) in [6.45, 7) is 5.34. The second-order valence-electron chi connectivity index (χ2n) is 5.32. The van der Waals surface area contributed by atoms with Crippen molar-refractivity contribution in [3.8, 4) is 5.75 Å². The van der Waals surface area contributed by atoms with Crippen LogP contribution >= 0.6 is 0 Å². The van der Waals surface area contributed by atoms with E-state index < -0.39 is 10.8 Å². The van der Waals surface area contributed by atoms with Gasteiger partial charge in [0.05, 0.1) is 16.7 Å². The van der Waals surface area contributed by atoms with Crippen molar-refractivity contribution in [1.82, 2.24) is 0 Å². The third-order valence-electron chi connectivity index (χ3n) is 3.24. The molecule has 1 N–H and O–H groups in total. The van der Waals surface area contributed by atoms with E-state index in [0.717, 1.165) is 0 Å². The first-order valence-corrected chi connectivity index (χ1v) is 7.21. The van der Waals surface area contributed by atoms with E-state index in [2.05, 4.69) is 5.32 Å². The van der Waals surface area contributed by atoms with Gasteiger partial charge in [-0.25, -0.2) is 0 Å². The van der Waals surface area contributed by atoms with E-state index in [0.29, 0.717) is 17.0 Å². The molecule has 23 heavy (non-hydrogen) atoms. The zero-order chi connectivity index (χ0) is 17.0. The summed E-state index contributed by atoms with van der Waals surface area (Å²) in [5.41, 5.74) is 1.04. The highest BCUT2D eigenvalue weighted by Crippen LogP contribution is 2.27. The van der Waals surface area contributed by atoms with Crippen LogP contribution < -0.4 is 10.1 Å². The van der Waals surface area contributed by atoms with Crippen molar-refractivity contribution in [1.29, 1.82) is 0 Å². The second-order valence-corrected chi connectivity index (χ2v) is 5.32. The molecule has 0 spiro atoms. The van der Waals surface area contributed by atoms with Gasteiger partial charge in [0.2, 0.25) is 0 Å². The Morgan fingerprint density at radius 3 is 2.52 bits per heavy atom. The number of ether oxygens (including phenoxy) is 1. The molecule has 0 aliphatic rings. The molecule has 6 heteroatoms. The maximum absolute atomic E-state index is 12.5. The molecule has 0 atom stereocenters. The molecular weight excluding hydrogens is 296 g/mol. The fourth-order valence-electron chi connectivity index (χ4n) is 2.18. The molecule has 2 aromatic rings. The van der Waals surface area contributed by atoms with Gasteiger partial charge >= 0.3 is 0 Å². The lowest BCUT2D eigenvalue weighted by Crippen LogP contribution is -2.16. The van der Waals surface area contributed by atoms with Crippen molar-refractivity contribution < 1.29 is 14.5 Å². The first-order chi connectivity index (χ1) is 10.9. The number of carbonyl (C=O) groups is 1. The van der Waals surface area contributed by atoms with Crippen LogP contribution in [-0.4, -0.2) is 16.9 Å². The molecule has 0 fully saturated rings. The van der Waals surface area contributed by atoms with E-state index in [1.807, 2.05) is 19.9 Å². The van der Waals surface area contributed by atoms with Crippen molar-refractivity contribution in [2.45, 2.75) is 26.9 Å². The minimum atomic E-state index is -0.498. The van der Waals surface area contributed by atoms with E-state index in [1.165, 1.54) is 12.1 Å². The van der Waals surface area contributed by atoms with Gasteiger partial charge in [0.15, 0.2) is 0 Å². The average molecular weight is 314 g/mol. The number of nitro benzene ring substituents is 1. The Hall–Kier alpha value is -2.89. The van der Waals surface area contributed by atoms with Gasteiger partial charge in [-0.1, -0.05) is 18.2 Å². The molecule has 1 amide bonds. The normalized spacial score (nSPS) is 10.4. The Morgan fingerprint density at radius 1 is 1.17 bits per heavy atom. The molecule has 0 saturated carbocycles. The smallest absolute Gasteiger partial charge is 0.273 e. The maximum atomic E-state index is 12.5. The number of nitro groups is 1. The molecule has 0 unspecified atom stereocenters. The quantitative estimate of drug-likeness (QED) is 0.669. The molecule has 0 saturated heterocycles. The van der Waals surface area contributed by atoms with Crippen LogP contribution in [-0.2, 0) is 0 Å². The summed E-state index contributed by atoms with van der Waals surface area (Å²) >= 11 is 0. The van der Waals surface area contributed by atoms with Crippen molar-refractivity contribution in [3.63, 3.8) is 0 Å². The molecule has 0 aliphatic carbocycles. The summed E-state index contributed by atoms with van der Waals surface area (Å²) in [4.78, 5) is 22.9. The first-order valence-electron chi connectivity index (χ1n) is 7.21. The summed E-state index contributed by atoms with van der Waals surface area (Å²) in [7, 11) is 0. The summed E-state index contributed by atoms with van der Waals surface area (Å²) in [6, 6.07) is 11.5. The summed E-state index contributed by atoms with van der Waals surface area (Å²) in [5.74, 6) is 0.143. The van der Waals surface area contributed by atoms with Gasteiger partial charge in [-0.2, -0.15) is 0 Å². The van der Waals surface area contributed by atoms with Gasteiger partial charge in [-0.15, -0.1) is 0 Å².